The van der Waals surface area contributed by atoms with Crippen LogP contribution in [-0.4, -0.2) is 28.1 Å². The molecule has 13 heavy (non-hydrogen) atoms. The van der Waals surface area contributed by atoms with Crippen LogP contribution >= 0.6 is 0 Å². The monoisotopic (exact) mass is 209 g/mol. The minimum Gasteiger partial charge on any atom is -0.327 e. The van der Waals surface area contributed by atoms with Crippen LogP contribution in [0.15, 0.2) is 0 Å². The maximum absolute atomic E-state index is 10.9. The van der Waals surface area contributed by atoms with E-state index < -0.39 is 10.2 Å². The zero-order valence-corrected chi connectivity index (χ0v) is 9.19. The molecule has 0 amide bonds. The van der Waals surface area contributed by atoms with Crippen molar-refractivity contribution >= 4 is 10.2 Å². The summed E-state index contributed by atoms with van der Waals surface area (Å²) in [4.78, 5) is 0. The fourth-order valence-corrected chi connectivity index (χ4v) is 1.56. The molecule has 0 aromatic carbocycles. The van der Waals surface area contributed by atoms with E-state index in [0.29, 0.717) is 5.92 Å². The first-order valence-corrected chi connectivity index (χ1v) is 5.79. The largest absolute Gasteiger partial charge is 0.327 e. The van der Waals surface area contributed by atoms with Gasteiger partial charge in [-0.05, 0) is 12.3 Å². The summed E-state index contributed by atoms with van der Waals surface area (Å²) in [5.41, 5.74) is 5.68. The van der Waals surface area contributed by atoms with Crippen molar-refractivity contribution in [2.45, 2.75) is 26.3 Å². The van der Waals surface area contributed by atoms with E-state index in [1.807, 2.05) is 13.8 Å². The second-order valence-electron chi connectivity index (χ2n) is 3.45. The Labute approximate surface area is 80.3 Å². The smallest absolute Gasteiger partial charge is 0.276 e. The molecule has 0 bridgehead atoms. The predicted molar refractivity (Wildman–Crippen MR) is 53.4 cm³/mol. The Morgan fingerprint density at radius 1 is 1.38 bits per heavy atom. The lowest BCUT2D eigenvalue weighted by Gasteiger charge is -2.14. The molecule has 0 saturated heterocycles. The Morgan fingerprint density at radius 3 is 2.31 bits per heavy atom. The molecular formula is C7H19N3O2S. The molecule has 80 valence electrons. The van der Waals surface area contributed by atoms with Gasteiger partial charge in [0.2, 0.25) is 0 Å². The number of nitrogens with one attached hydrogen (secondary N) is 2. The number of rotatable bonds is 6. The van der Waals surface area contributed by atoms with E-state index in [9.17, 15) is 8.42 Å². The van der Waals surface area contributed by atoms with E-state index in [1.165, 1.54) is 7.05 Å². The van der Waals surface area contributed by atoms with Gasteiger partial charge in [0.25, 0.3) is 10.2 Å². The Hall–Kier alpha value is -0.170. The fraction of sp³-hybridized carbons (Fsp3) is 1.00. The molecule has 5 nitrogen and oxygen atoms in total. The van der Waals surface area contributed by atoms with Crippen LogP contribution in [0.5, 0.6) is 0 Å². The quantitative estimate of drug-likeness (QED) is 0.547. The molecule has 0 rings (SSSR count). The van der Waals surface area contributed by atoms with Crippen LogP contribution in [0.2, 0.25) is 0 Å². The van der Waals surface area contributed by atoms with Crippen molar-refractivity contribution in [2.75, 3.05) is 13.6 Å². The molecule has 0 saturated carbocycles. The molecule has 1 atom stereocenters. The van der Waals surface area contributed by atoms with E-state index in [2.05, 4.69) is 9.44 Å². The van der Waals surface area contributed by atoms with Crippen molar-refractivity contribution in [3.05, 3.63) is 0 Å². The Balaban J connectivity index is 3.77. The highest BCUT2D eigenvalue weighted by Gasteiger charge is 2.10. The summed E-state index contributed by atoms with van der Waals surface area (Å²) >= 11 is 0. The Morgan fingerprint density at radius 2 is 1.92 bits per heavy atom. The van der Waals surface area contributed by atoms with Crippen molar-refractivity contribution < 1.29 is 8.42 Å². The van der Waals surface area contributed by atoms with Crippen molar-refractivity contribution in [3.8, 4) is 0 Å². The SMILES string of the molecule is CNS(=O)(=O)NCC(N)CC(C)C. The van der Waals surface area contributed by atoms with Gasteiger partial charge in [-0.2, -0.15) is 8.42 Å². The van der Waals surface area contributed by atoms with Gasteiger partial charge in [0.05, 0.1) is 0 Å². The normalized spacial score (nSPS) is 14.8. The second kappa shape index (κ2) is 5.54. The lowest BCUT2D eigenvalue weighted by molar-refractivity contribution is 0.484. The standard InChI is InChI=1S/C7H19N3O2S/c1-6(2)4-7(8)5-10-13(11,12)9-3/h6-7,9-10H,4-5,8H2,1-3H3. The Bertz CT molecular complexity index is 226. The number of hydrogen-bond acceptors (Lipinski definition) is 3. The zero-order chi connectivity index (χ0) is 10.5. The summed E-state index contributed by atoms with van der Waals surface area (Å²) in [5.74, 6) is 0.481. The molecule has 0 aliphatic carbocycles. The topological polar surface area (TPSA) is 84.2 Å². The molecular weight excluding hydrogens is 190 g/mol. The van der Waals surface area contributed by atoms with Crippen LogP contribution in [0.3, 0.4) is 0 Å². The van der Waals surface area contributed by atoms with Crippen molar-refractivity contribution in [3.63, 3.8) is 0 Å². The molecule has 0 aliphatic heterocycles. The van der Waals surface area contributed by atoms with Gasteiger partial charge >= 0.3 is 0 Å². The molecule has 0 aliphatic rings. The van der Waals surface area contributed by atoms with Gasteiger partial charge in [-0.15, -0.1) is 0 Å². The van der Waals surface area contributed by atoms with Crippen molar-refractivity contribution in [1.82, 2.24) is 9.44 Å². The molecule has 0 aromatic heterocycles. The molecule has 0 radical (unpaired) electrons. The maximum Gasteiger partial charge on any atom is 0.276 e. The van der Waals surface area contributed by atoms with Crippen LogP contribution in [0.4, 0.5) is 0 Å². The minimum absolute atomic E-state index is 0.122. The highest BCUT2D eigenvalue weighted by atomic mass is 32.2. The summed E-state index contributed by atoms with van der Waals surface area (Å²) in [6.45, 7) is 4.38. The van der Waals surface area contributed by atoms with Crippen LogP contribution in [0, 0.1) is 5.92 Å². The summed E-state index contributed by atoms with van der Waals surface area (Å²) in [7, 11) is -1.97. The van der Waals surface area contributed by atoms with E-state index in [0.717, 1.165) is 6.42 Å². The van der Waals surface area contributed by atoms with Gasteiger partial charge in [-0.1, -0.05) is 13.8 Å². The first-order valence-electron chi connectivity index (χ1n) is 4.31. The highest BCUT2D eigenvalue weighted by Crippen LogP contribution is 2.01. The lowest BCUT2D eigenvalue weighted by Crippen LogP contribution is -2.42. The lowest BCUT2D eigenvalue weighted by atomic mass is 10.1. The van der Waals surface area contributed by atoms with Crippen molar-refractivity contribution in [1.29, 1.82) is 0 Å². The molecule has 0 spiro atoms. The molecule has 0 aromatic rings. The van der Waals surface area contributed by atoms with Gasteiger partial charge in [0, 0.05) is 19.6 Å². The van der Waals surface area contributed by atoms with Crippen LogP contribution in [0.1, 0.15) is 20.3 Å². The van der Waals surface area contributed by atoms with Crippen LogP contribution in [-0.2, 0) is 10.2 Å². The maximum atomic E-state index is 10.9. The summed E-state index contributed by atoms with van der Waals surface area (Å²) in [6, 6.07) is -0.122. The first kappa shape index (κ1) is 12.8. The van der Waals surface area contributed by atoms with Gasteiger partial charge in [0.15, 0.2) is 0 Å². The highest BCUT2D eigenvalue weighted by molar-refractivity contribution is 7.87. The molecule has 6 heteroatoms. The predicted octanol–water partition coefficient (Wildman–Crippen LogP) is -0.586. The molecule has 1 unspecified atom stereocenters. The van der Waals surface area contributed by atoms with E-state index in [-0.39, 0.29) is 12.6 Å². The first-order chi connectivity index (χ1) is 5.87. The Kier molecular flexibility index (Phi) is 5.46. The zero-order valence-electron chi connectivity index (χ0n) is 8.37. The average molecular weight is 209 g/mol. The molecule has 4 N–H and O–H groups in total. The molecule has 0 fully saturated rings. The van der Waals surface area contributed by atoms with Gasteiger partial charge < -0.3 is 5.73 Å². The van der Waals surface area contributed by atoms with Gasteiger partial charge in [-0.3, -0.25) is 0 Å². The third-order valence-electron chi connectivity index (χ3n) is 1.58. The average Bonchev–Trinajstić information content (AvgIpc) is 2.00. The van der Waals surface area contributed by atoms with E-state index in [1.54, 1.807) is 0 Å². The summed E-state index contributed by atoms with van der Waals surface area (Å²) < 4.78 is 26.3. The fourth-order valence-electron chi connectivity index (χ4n) is 0.978. The van der Waals surface area contributed by atoms with Gasteiger partial charge in [-0.25, -0.2) is 9.44 Å². The minimum atomic E-state index is -3.33. The van der Waals surface area contributed by atoms with E-state index >= 15 is 0 Å². The third kappa shape index (κ3) is 6.94. The summed E-state index contributed by atoms with van der Waals surface area (Å²) in [6.07, 6.45) is 0.812. The summed E-state index contributed by atoms with van der Waals surface area (Å²) in [5, 5.41) is 0. The second-order valence-corrected chi connectivity index (χ2v) is 5.15. The van der Waals surface area contributed by atoms with Crippen LogP contribution in [0.25, 0.3) is 0 Å². The number of nitrogens with two attached hydrogens (primary N) is 1. The molecule has 0 heterocycles. The van der Waals surface area contributed by atoms with Crippen molar-refractivity contribution in [2.24, 2.45) is 11.7 Å². The van der Waals surface area contributed by atoms with Crippen LogP contribution < -0.4 is 15.2 Å². The third-order valence-corrected chi connectivity index (χ3v) is 2.66. The van der Waals surface area contributed by atoms with Gasteiger partial charge in [0.1, 0.15) is 0 Å². The van der Waals surface area contributed by atoms with E-state index in [4.69, 9.17) is 5.73 Å². The number of hydrogen-bond donors (Lipinski definition) is 3.